The predicted octanol–water partition coefficient (Wildman–Crippen LogP) is 9.85. The molecule has 18 nitrogen and oxygen atoms in total. The van der Waals surface area contributed by atoms with Gasteiger partial charge in [-0.25, -0.2) is 18.6 Å². The summed E-state index contributed by atoms with van der Waals surface area (Å²) in [6, 6.07) is 48.2. The number of nitrogens with one attached hydrogen (secondary N) is 2. The highest BCUT2D eigenvalue weighted by Crippen LogP contribution is 2.43. The maximum atomic E-state index is 16.6. The third-order valence-electron chi connectivity index (χ3n) is 14.3. The Morgan fingerprint density at radius 2 is 1.40 bits per heavy atom. The monoisotopic (exact) mass is 1230 g/mol. The number of anilines is 1. The molecule has 454 valence electrons. The number of carbonyl (C=O) groups excluding carboxylic acids is 3. The van der Waals surface area contributed by atoms with Gasteiger partial charge in [-0.05, 0) is 64.2 Å². The molecule has 6 aromatic carbocycles. The first-order chi connectivity index (χ1) is 43.1. The molecule has 88 heavy (non-hydrogen) atoms. The Labute approximate surface area is 515 Å². The number of benzene rings is 6. The number of rotatable bonds is 30. The summed E-state index contributed by atoms with van der Waals surface area (Å²) in [4.78, 5) is 56.1. The minimum atomic E-state index is -1.19. The standard InChI is InChI=1S/C66H62F2N6O12S2/c1-78-33-35-81-42-84-59-52(67)37-47(55(68)60(59)85-43-82-36-34-79-2)39-86-72-56(53-41-88-65(69-53)71-66(48-20-7-4-8-21-48,49-22-9-5-10-23-49)50-24-11-6-12-25-50)61(75)70-57-62(76)74-58(64(77)83-38-44-27-29-51(80-3)30-28-44)46(40-87-63(57)74)19-16-32-73-31-15-18-45-17-13-14-26-54(45)73/h4-31,37,41,57,63H,32-36,38-40,42-43H2,1-3H3,(H-,69,70,71,75)/p+1/b19-16+,72-56-/t57-,63+/m0/s1. The maximum absolute atomic E-state index is 16.6. The number of amides is 2. The number of thiazole rings is 1. The van der Waals surface area contributed by atoms with Gasteiger partial charge in [-0.2, -0.15) is 4.57 Å². The number of β-lactam (4-membered cyclic amide) rings is 1. The topological polar surface area (TPSA) is 191 Å². The third-order valence-corrected chi connectivity index (χ3v) is 16.4. The fourth-order valence-corrected chi connectivity index (χ4v) is 12.0. The molecule has 8 aromatic rings. The number of ether oxygens (including phenoxy) is 8. The Hall–Kier alpha value is -9.03. The molecule has 2 atom stereocenters. The molecule has 22 heteroatoms. The summed E-state index contributed by atoms with van der Waals surface area (Å²) in [6.07, 6.45) is 5.70. The largest absolute Gasteiger partial charge is 0.497 e. The lowest BCUT2D eigenvalue weighted by Crippen LogP contribution is -2.71. The summed E-state index contributed by atoms with van der Waals surface area (Å²) in [5.74, 6) is -4.68. The number of thioether (sulfide) groups is 1. The van der Waals surface area contributed by atoms with Gasteiger partial charge in [-0.15, -0.1) is 23.1 Å². The van der Waals surface area contributed by atoms with E-state index < -0.39 is 83.8 Å². The van der Waals surface area contributed by atoms with Crippen molar-refractivity contribution in [2.75, 3.05) is 72.4 Å². The van der Waals surface area contributed by atoms with Crippen LogP contribution < -0.4 is 29.4 Å². The maximum Gasteiger partial charge on any atom is 0.355 e. The highest BCUT2D eigenvalue weighted by Gasteiger charge is 2.54. The van der Waals surface area contributed by atoms with E-state index in [1.165, 1.54) is 42.2 Å². The van der Waals surface area contributed by atoms with Crippen LogP contribution in [0.5, 0.6) is 17.2 Å². The molecule has 0 spiro atoms. The van der Waals surface area contributed by atoms with Crippen LogP contribution in [0.2, 0.25) is 0 Å². The van der Waals surface area contributed by atoms with Crippen molar-refractivity contribution in [2.45, 2.75) is 36.7 Å². The minimum Gasteiger partial charge on any atom is -0.497 e. The predicted molar refractivity (Wildman–Crippen MR) is 327 cm³/mol. The molecule has 0 saturated carbocycles. The molecule has 2 amide bonds. The fourth-order valence-electron chi connectivity index (χ4n) is 9.96. The van der Waals surface area contributed by atoms with Crippen molar-refractivity contribution in [3.05, 3.63) is 238 Å². The van der Waals surface area contributed by atoms with Gasteiger partial charge in [0.15, 0.2) is 48.8 Å². The van der Waals surface area contributed by atoms with Crippen molar-refractivity contribution in [1.29, 1.82) is 0 Å². The lowest BCUT2D eigenvalue weighted by atomic mass is 9.77. The zero-order valence-electron chi connectivity index (χ0n) is 48.3. The van der Waals surface area contributed by atoms with Crippen LogP contribution in [0.1, 0.15) is 33.5 Å². The summed E-state index contributed by atoms with van der Waals surface area (Å²) in [6.45, 7) is -0.726. The highest BCUT2D eigenvalue weighted by molar-refractivity contribution is 8.00. The van der Waals surface area contributed by atoms with Gasteiger partial charge in [0.05, 0.1) is 33.5 Å². The number of para-hydroxylation sites is 1. The SMILES string of the molecule is COCCOCOc1c(F)cc(CO/N=C(\C(=O)N[C@H]2C(=O)N3C(C(=O)OCc4ccc(OC)cc4)=C(/C=C/C[n+]4cccc5ccccc54)CS[C@H]23)c2csc(NC(c3ccccc3)(c3ccccc3)c3ccccc3)n2)c(F)c1OCOCCOC. The molecular formula is C66H63F2N6O12S2+. The van der Waals surface area contributed by atoms with E-state index in [2.05, 4.69) is 20.4 Å². The number of pyridine rings is 1. The first-order valence-corrected chi connectivity index (χ1v) is 29.9. The number of aromatic nitrogens is 2. The molecule has 10 rings (SSSR count). The molecule has 0 bridgehead atoms. The van der Waals surface area contributed by atoms with Gasteiger partial charge in [0, 0.05) is 48.4 Å². The smallest absolute Gasteiger partial charge is 0.355 e. The Kier molecular flexibility index (Phi) is 21.2. The van der Waals surface area contributed by atoms with E-state index in [4.69, 9.17) is 47.7 Å². The van der Waals surface area contributed by atoms with Crippen LogP contribution in [0.15, 0.2) is 198 Å². The summed E-state index contributed by atoms with van der Waals surface area (Å²) in [7, 11) is 4.52. The van der Waals surface area contributed by atoms with E-state index in [1.54, 1.807) is 36.8 Å². The Bertz CT molecular complexity index is 3680. The molecule has 0 aliphatic carbocycles. The van der Waals surface area contributed by atoms with Gasteiger partial charge in [0.2, 0.25) is 17.0 Å². The van der Waals surface area contributed by atoms with Gasteiger partial charge in [-0.3, -0.25) is 14.5 Å². The van der Waals surface area contributed by atoms with Crippen molar-refractivity contribution >= 4 is 62.6 Å². The van der Waals surface area contributed by atoms with E-state index in [0.717, 1.165) is 33.7 Å². The van der Waals surface area contributed by atoms with Gasteiger partial charge >= 0.3 is 5.97 Å². The van der Waals surface area contributed by atoms with Crippen LogP contribution >= 0.6 is 23.1 Å². The molecular weight excluding hydrogens is 1170 g/mol. The minimum absolute atomic E-state index is 0.00768. The van der Waals surface area contributed by atoms with Gasteiger partial charge in [0.25, 0.3) is 11.8 Å². The number of hydrogen-bond acceptors (Lipinski definition) is 17. The third kappa shape index (κ3) is 14.3. The summed E-state index contributed by atoms with van der Waals surface area (Å²) in [5.41, 5.74) is 3.12. The molecule has 2 aromatic heterocycles. The van der Waals surface area contributed by atoms with Crippen LogP contribution in [-0.4, -0.2) is 112 Å². The fraction of sp³-hybridized carbons (Fsp3) is 0.242. The second-order valence-electron chi connectivity index (χ2n) is 19.8. The van der Waals surface area contributed by atoms with Gasteiger partial charge < -0.3 is 53.4 Å². The number of oxime groups is 1. The number of fused-ring (bicyclic) bond motifs is 2. The van der Waals surface area contributed by atoms with E-state index in [0.29, 0.717) is 28.6 Å². The van der Waals surface area contributed by atoms with Gasteiger partial charge in [0.1, 0.15) is 47.3 Å². The first kappa shape index (κ1) is 62.0. The number of nitrogens with zero attached hydrogens (tertiary/aromatic N) is 4. The molecule has 1 fully saturated rings. The van der Waals surface area contributed by atoms with E-state index in [-0.39, 0.29) is 55.7 Å². The second-order valence-corrected chi connectivity index (χ2v) is 21.8. The highest BCUT2D eigenvalue weighted by atomic mass is 32.2. The molecule has 1 saturated heterocycles. The summed E-state index contributed by atoms with van der Waals surface area (Å²) < 4.78 is 77.7. The number of methoxy groups -OCH3 is 3. The lowest BCUT2D eigenvalue weighted by molar-refractivity contribution is -0.661. The molecule has 2 N–H and O–H groups in total. The molecule has 0 radical (unpaired) electrons. The zero-order valence-corrected chi connectivity index (χ0v) is 49.9. The number of carbonyl (C=O) groups is 3. The average molecular weight is 1230 g/mol. The van der Waals surface area contributed by atoms with Crippen molar-refractivity contribution in [1.82, 2.24) is 15.2 Å². The quantitative estimate of drug-likeness (QED) is 0.00632. The number of allylic oxidation sites excluding steroid dienone is 2. The van der Waals surface area contributed by atoms with E-state index in [1.807, 2.05) is 146 Å². The average Bonchev–Trinajstić information content (AvgIpc) is 1.26. The van der Waals surface area contributed by atoms with Crippen LogP contribution in [0, 0.1) is 11.6 Å². The van der Waals surface area contributed by atoms with Gasteiger partial charge in [-0.1, -0.05) is 126 Å². The number of hydrogen-bond donors (Lipinski definition) is 2. The number of halogens is 2. The van der Waals surface area contributed by atoms with Crippen LogP contribution in [0.3, 0.4) is 0 Å². The lowest BCUT2D eigenvalue weighted by Gasteiger charge is -2.49. The second kappa shape index (κ2) is 30.1. The van der Waals surface area contributed by atoms with Crippen molar-refractivity contribution in [2.24, 2.45) is 5.16 Å². The number of esters is 1. The molecule has 0 unspecified atom stereocenters. The van der Waals surface area contributed by atoms with Crippen molar-refractivity contribution < 1.29 is 70.5 Å². The van der Waals surface area contributed by atoms with Crippen molar-refractivity contribution in [3.8, 4) is 17.2 Å². The van der Waals surface area contributed by atoms with E-state index >= 15 is 13.6 Å². The van der Waals surface area contributed by atoms with Crippen molar-refractivity contribution in [3.63, 3.8) is 0 Å². The summed E-state index contributed by atoms with van der Waals surface area (Å²) in [5, 5.41) is 13.0. The van der Waals surface area contributed by atoms with Crippen LogP contribution in [0.4, 0.5) is 13.9 Å². The van der Waals surface area contributed by atoms with Crippen LogP contribution in [-0.2, 0) is 68.2 Å². The summed E-state index contributed by atoms with van der Waals surface area (Å²) >= 11 is 2.51. The molecule has 2 aliphatic heterocycles. The normalized spacial score (nSPS) is 15.0. The van der Waals surface area contributed by atoms with E-state index in [9.17, 15) is 9.59 Å². The Balaban J connectivity index is 0.966. The molecule has 4 heterocycles. The molecule has 2 aliphatic rings. The first-order valence-electron chi connectivity index (χ1n) is 27.9. The van der Waals surface area contributed by atoms with Crippen LogP contribution in [0.25, 0.3) is 10.9 Å². The Morgan fingerprint density at radius 1 is 0.773 bits per heavy atom. The zero-order chi connectivity index (χ0) is 61.2. The Morgan fingerprint density at radius 3 is 2.05 bits per heavy atom.